The molecule has 1 heterocycles. The van der Waals surface area contributed by atoms with Gasteiger partial charge in [-0.2, -0.15) is 0 Å². The van der Waals surface area contributed by atoms with Crippen molar-refractivity contribution >= 4 is 5.97 Å². The highest BCUT2D eigenvalue weighted by atomic mass is 16.7. The van der Waals surface area contributed by atoms with Gasteiger partial charge in [0.1, 0.15) is 13.2 Å². The first-order valence-corrected chi connectivity index (χ1v) is 10.7. The van der Waals surface area contributed by atoms with Gasteiger partial charge in [-0.25, -0.2) is 0 Å². The lowest BCUT2D eigenvalue weighted by Gasteiger charge is -2.23. The Labute approximate surface area is 198 Å². The third kappa shape index (κ3) is 17.9. The average Bonchev–Trinajstić information content (AvgIpc) is 3.13. The summed E-state index contributed by atoms with van der Waals surface area (Å²) in [7, 11) is 0. The average molecular weight is 455 g/mol. The van der Waals surface area contributed by atoms with E-state index in [4.69, 9.17) is 18.9 Å². The molecule has 0 unspecified atom stereocenters. The van der Waals surface area contributed by atoms with Crippen LogP contribution < -0.4 is 0 Å². The van der Waals surface area contributed by atoms with E-state index in [0.29, 0.717) is 32.3 Å². The number of allylic oxidation sites excluding steroid dienone is 1. The quantitative estimate of drug-likeness (QED) is 0.326. The number of hydrogen-bond acceptors (Lipinski definition) is 5. The molecule has 0 aromatic heterocycles. The summed E-state index contributed by atoms with van der Waals surface area (Å²) in [6, 6.07) is 9.67. The van der Waals surface area contributed by atoms with Crippen LogP contribution in [0, 0.1) is 11.8 Å². The van der Waals surface area contributed by atoms with Crippen LogP contribution in [0.5, 0.6) is 0 Å². The lowest BCUT2D eigenvalue weighted by molar-refractivity contribution is -0.187. The van der Waals surface area contributed by atoms with Gasteiger partial charge in [-0.15, -0.1) is 0 Å². The minimum Gasteiger partial charge on any atom is -0.461 e. The Hall–Kier alpha value is -1.69. The maximum Gasteiger partial charge on any atom is 0.308 e. The molecule has 0 aliphatic carbocycles. The smallest absolute Gasteiger partial charge is 0.308 e. The molecule has 0 N–H and O–H groups in total. The molecule has 1 saturated heterocycles. The van der Waals surface area contributed by atoms with Crippen molar-refractivity contribution in [2.24, 2.45) is 11.8 Å². The molecule has 2 rings (SSSR count). The molecular weight excluding hydrogens is 404 g/mol. The predicted octanol–water partition coefficient (Wildman–Crippen LogP) is 7.05. The molecule has 0 radical (unpaired) electrons. The fraction of sp³-hybridized carbons (Fsp3) is 0.667. The SMILES string of the molecule is C.C.C=C(C)C(C)C.CC(C)C(=O)OCc1ccccc1.CC(C)OCC1(C)OCCO1. The Kier molecular flexibility index (Phi) is 20.6. The first-order valence-electron chi connectivity index (χ1n) is 10.7. The van der Waals surface area contributed by atoms with E-state index >= 15 is 0 Å². The second-order valence-electron chi connectivity index (χ2n) is 8.44. The van der Waals surface area contributed by atoms with Crippen molar-refractivity contribution in [1.82, 2.24) is 0 Å². The van der Waals surface area contributed by atoms with Gasteiger partial charge in [0, 0.05) is 0 Å². The predicted molar refractivity (Wildman–Crippen MR) is 136 cm³/mol. The molecular formula is C27H50O5. The van der Waals surface area contributed by atoms with E-state index in [2.05, 4.69) is 20.4 Å². The second kappa shape index (κ2) is 18.8. The number of ether oxygens (including phenoxy) is 4. The van der Waals surface area contributed by atoms with Crippen LogP contribution in [0.4, 0.5) is 0 Å². The molecule has 1 aromatic rings. The summed E-state index contributed by atoms with van der Waals surface area (Å²) >= 11 is 0. The summed E-state index contributed by atoms with van der Waals surface area (Å²) in [4.78, 5) is 11.1. The topological polar surface area (TPSA) is 54.0 Å². The van der Waals surface area contributed by atoms with Crippen LogP contribution in [0.2, 0.25) is 0 Å². The van der Waals surface area contributed by atoms with Crippen LogP contribution in [-0.4, -0.2) is 37.7 Å². The number of carbonyl (C=O) groups excluding carboxylic acids is 1. The summed E-state index contributed by atoms with van der Waals surface area (Å²) in [5, 5.41) is 0. The van der Waals surface area contributed by atoms with Gasteiger partial charge in [0.15, 0.2) is 5.79 Å². The molecule has 1 aliphatic rings. The van der Waals surface area contributed by atoms with Crippen molar-refractivity contribution in [1.29, 1.82) is 0 Å². The largest absolute Gasteiger partial charge is 0.461 e. The maximum atomic E-state index is 11.1. The molecule has 32 heavy (non-hydrogen) atoms. The Balaban J connectivity index is -0.000000406. The Morgan fingerprint density at radius 1 is 1.00 bits per heavy atom. The van der Waals surface area contributed by atoms with Gasteiger partial charge in [-0.05, 0) is 39.2 Å². The monoisotopic (exact) mass is 454 g/mol. The van der Waals surface area contributed by atoms with Gasteiger partial charge in [0.25, 0.3) is 0 Å². The van der Waals surface area contributed by atoms with Crippen LogP contribution in [0.15, 0.2) is 42.5 Å². The van der Waals surface area contributed by atoms with Crippen LogP contribution >= 0.6 is 0 Å². The van der Waals surface area contributed by atoms with Crippen molar-refractivity contribution in [3.63, 3.8) is 0 Å². The van der Waals surface area contributed by atoms with E-state index in [0.717, 1.165) is 5.56 Å². The molecule has 5 nitrogen and oxygen atoms in total. The minimum atomic E-state index is -0.496. The van der Waals surface area contributed by atoms with Gasteiger partial charge in [-0.1, -0.05) is 85.0 Å². The zero-order valence-electron chi connectivity index (χ0n) is 20.2. The Morgan fingerprint density at radius 3 is 1.84 bits per heavy atom. The van der Waals surface area contributed by atoms with Gasteiger partial charge in [0.05, 0.1) is 25.2 Å². The summed E-state index contributed by atoms with van der Waals surface area (Å²) in [5.74, 6) is -0.0397. The van der Waals surface area contributed by atoms with Crippen LogP contribution in [-0.2, 0) is 30.3 Å². The van der Waals surface area contributed by atoms with Gasteiger partial charge >= 0.3 is 5.97 Å². The zero-order valence-corrected chi connectivity index (χ0v) is 20.2. The summed E-state index contributed by atoms with van der Waals surface area (Å²) in [5.41, 5.74) is 2.28. The summed E-state index contributed by atoms with van der Waals surface area (Å²) in [6.07, 6.45) is 0.236. The third-order valence-corrected chi connectivity index (χ3v) is 4.26. The van der Waals surface area contributed by atoms with E-state index in [1.165, 1.54) is 5.57 Å². The van der Waals surface area contributed by atoms with Gasteiger partial charge < -0.3 is 18.9 Å². The number of carbonyl (C=O) groups is 1. The number of benzene rings is 1. The first-order chi connectivity index (χ1) is 14.0. The molecule has 0 amide bonds. The summed E-state index contributed by atoms with van der Waals surface area (Å²) < 4.78 is 21.1. The highest BCUT2D eigenvalue weighted by Crippen LogP contribution is 2.18. The standard InChI is InChI=1S/C11H14O2.C8H16O3.C6H12.2CH4/c1-9(2)11(12)13-8-10-6-4-3-5-7-10;1-7(2)9-6-8(3)10-4-5-11-8;1-5(2)6(3)4;;/h3-7,9H,8H2,1-2H3;7H,4-6H2,1-3H3;6H,1H2,2-4H3;2*1H4. The summed E-state index contributed by atoms with van der Waals surface area (Å²) in [6.45, 7) is 21.9. The zero-order chi connectivity index (χ0) is 23.2. The van der Waals surface area contributed by atoms with Crippen LogP contribution in [0.25, 0.3) is 0 Å². The van der Waals surface area contributed by atoms with E-state index in [1.54, 1.807) is 0 Å². The number of rotatable bonds is 7. The molecule has 1 aliphatic heterocycles. The molecule has 188 valence electrons. The fourth-order valence-electron chi connectivity index (χ4n) is 1.85. The van der Waals surface area contributed by atoms with Crippen molar-refractivity contribution in [3.8, 4) is 0 Å². The molecule has 0 bridgehead atoms. The molecule has 1 fully saturated rings. The third-order valence-electron chi connectivity index (χ3n) is 4.26. The molecule has 0 saturated carbocycles. The van der Waals surface area contributed by atoms with Crippen molar-refractivity contribution in [2.45, 2.75) is 88.7 Å². The van der Waals surface area contributed by atoms with Crippen LogP contribution in [0.1, 0.15) is 75.8 Å². The van der Waals surface area contributed by atoms with E-state index in [-0.39, 0.29) is 32.8 Å². The van der Waals surface area contributed by atoms with Crippen molar-refractivity contribution in [2.75, 3.05) is 19.8 Å². The van der Waals surface area contributed by atoms with E-state index in [9.17, 15) is 4.79 Å². The lowest BCUT2D eigenvalue weighted by atomic mass is 10.1. The molecule has 5 heteroatoms. The highest BCUT2D eigenvalue weighted by molar-refractivity contribution is 5.71. The number of hydrogen-bond donors (Lipinski definition) is 0. The van der Waals surface area contributed by atoms with Crippen molar-refractivity contribution in [3.05, 3.63) is 48.0 Å². The molecule has 1 aromatic carbocycles. The Morgan fingerprint density at radius 2 is 1.47 bits per heavy atom. The van der Waals surface area contributed by atoms with Crippen LogP contribution in [0.3, 0.4) is 0 Å². The lowest BCUT2D eigenvalue weighted by Crippen LogP contribution is -2.33. The number of esters is 1. The minimum absolute atomic E-state index is 0. The van der Waals surface area contributed by atoms with E-state index < -0.39 is 5.79 Å². The molecule has 0 spiro atoms. The Bertz CT molecular complexity index is 587. The van der Waals surface area contributed by atoms with E-state index in [1.807, 2.05) is 71.9 Å². The maximum absolute atomic E-state index is 11.1. The van der Waals surface area contributed by atoms with Gasteiger partial charge in [-0.3, -0.25) is 4.79 Å². The first kappa shape index (κ1) is 34.9. The molecule has 0 atom stereocenters. The van der Waals surface area contributed by atoms with Crippen molar-refractivity contribution < 1.29 is 23.7 Å². The van der Waals surface area contributed by atoms with Gasteiger partial charge in [0.2, 0.25) is 0 Å². The highest BCUT2D eigenvalue weighted by Gasteiger charge is 2.31. The normalized spacial score (nSPS) is 13.7. The fourth-order valence-corrected chi connectivity index (χ4v) is 1.85. The second-order valence-corrected chi connectivity index (χ2v) is 8.44.